The third-order valence-corrected chi connectivity index (χ3v) is 4.39. The predicted octanol–water partition coefficient (Wildman–Crippen LogP) is 3.21. The van der Waals surface area contributed by atoms with Gasteiger partial charge in [0.2, 0.25) is 11.9 Å². The molecule has 2 amide bonds. The van der Waals surface area contributed by atoms with Crippen LogP contribution < -0.4 is 16.4 Å². The van der Waals surface area contributed by atoms with E-state index in [4.69, 9.17) is 10.5 Å². The van der Waals surface area contributed by atoms with Crippen LogP contribution in [0.5, 0.6) is 0 Å². The standard InChI is InChI=1S/C24H29N7O3/c1-6-9-17-14-28-20(12-15(17)4)22(33)30-23(25)29-16(5)19(13-18(7-2)34-8-3)21(32)31-24-26-10-11-27-24/h6-7,9-14H,5,8H2,1-4H3,(H3,25,29,30,33)(H2,26,27,31,32)/b9-6-,18-7+,19-13+. The summed E-state index contributed by atoms with van der Waals surface area (Å²) in [5.74, 6) is -0.652. The molecule has 0 spiro atoms. The Morgan fingerprint density at radius 3 is 2.68 bits per heavy atom. The Bertz CT molecular complexity index is 1160. The minimum atomic E-state index is -0.543. The van der Waals surface area contributed by atoms with Gasteiger partial charge in [0.25, 0.3) is 11.8 Å². The number of carbonyl (C=O) groups is 2. The molecule has 0 aliphatic carbocycles. The van der Waals surface area contributed by atoms with Gasteiger partial charge in [0, 0.05) is 18.6 Å². The maximum Gasteiger partial charge on any atom is 0.276 e. The van der Waals surface area contributed by atoms with E-state index in [0.717, 1.165) is 11.1 Å². The number of nitrogens with zero attached hydrogens (tertiary/aromatic N) is 3. The van der Waals surface area contributed by atoms with Gasteiger partial charge < -0.3 is 15.5 Å². The lowest BCUT2D eigenvalue weighted by Crippen LogP contribution is -2.37. The molecule has 2 aromatic rings. The van der Waals surface area contributed by atoms with Crippen molar-refractivity contribution in [3.05, 3.63) is 83.3 Å². The van der Waals surface area contributed by atoms with E-state index in [9.17, 15) is 9.59 Å². The lowest BCUT2D eigenvalue weighted by molar-refractivity contribution is -0.112. The van der Waals surface area contributed by atoms with Crippen molar-refractivity contribution >= 4 is 29.8 Å². The summed E-state index contributed by atoms with van der Waals surface area (Å²) in [4.78, 5) is 40.4. The highest BCUT2D eigenvalue weighted by atomic mass is 16.5. The fourth-order valence-electron chi connectivity index (χ4n) is 2.76. The van der Waals surface area contributed by atoms with E-state index in [1.807, 2.05) is 32.9 Å². The van der Waals surface area contributed by atoms with E-state index in [2.05, 4.69) is 37.2 Å². The molecule has 0 saturated heterocycles. The molecule has 5 N–H and O–H groups in total. The zero-order valence-electron chi connectivity index (χ0n) is 19.7. The second kappa shape index (κ2) is 12.5. The Morgan fingerprint density at radius 1 is 1.32 bits per heavy atom. The molecule has 0 saturated carbocycles. The highest BCUT2D eigenvalue weighted by molar-refractivity contribution is 6.08. The van der Waals surface area contributed by atoms with E-state index in [1.54, 1.807) is 31.5 Å². The third kappa shape index (κ3) is 7.30. The lowest BCUT2D eigenvalue weighted by atomic mass is 10.1. The van der Waals surface area contributed by atoms with E-state index in [-0.39, 0.29) is 28.9 Å². The number of aromatic amines is 1. The van der Waals surface area contributed by atoms with Crippen molar-refractivity contribution in [1.82, 2.24) is 20.3 Å². The summed E-state index contributed by atoms with van der Waals surface area (Å²) in [5, 5.41) is 5.07. The first kappa shape index (κ1) is 25.8. The predicted molar refractivity (Wildman–Crippen MR) is 133 cm³/mol. The molecule has 34 heavy (non-hydrogen) atoms. The molecule has 2 rings (SSSR count). The molecule has 0 aromatic carbocycles. The molecule has 178 valence electrons. The van der Waals surface area contributed by atoms with Gasteiger partial charge in [-0.25, -0.2) is 9.98 Å². The monoisotopic (exact) mass is 463 g/mol. The van der Waals surface area contributed by atoms with Crippen molar-refractivity contribution in [1.29, 1.82) is 0 Å². The largest absolute Gasteiger partial charge is 0.494 e. The average Bonchev–Trinajstić information content (AvgIpc) is 3.30. The molecule has 0 fully saturated rings. The van der Waals surface area contributed by atoms with Gasteiger partial charge >= 0.3 is 0 Å². The first-order valence-corrected chi connectivity index (χ1v) is 10.5. The number of imidazole rings is 1. The van der Waals surface area contributed by atoms with Gasteiger partial charge in [-0.3, -0.25) is 25.2 Å². The van der Waals surface area contributed by atoms with Crippen molar-refractivity contribution < 1.29 is 14.3 Å². The number of nitrogens with one attached hydrogen (secondary N) is 3. The van der Waals surface area contributed by atoms with Crippen LogP contribution >= 0.6 is 0 Å². The summed E-state index contributed by atoms with van der Waals surface area (Å²) >= 11 is 0. The fourth-order valence-corrected chi connectivity index (χ4v) is 2.76. The maximum absolute atomic E-state index is 12.9. The summed E-state index contributed by atoms with van der Waals surface area (Å²) in [7, 11) is 0. The molecule has 2 aromatic heterocycles. The van der Waals surface area contributed by atoms with Crippen LogP contribution in [0.15, 0.2) is 71.5 Å². The fraction of sp³-hybridized carbons (Fsp3) is 0.208. The van der Waals surface area contributed by atoms with Gasteiger partial charge in [0.1, 0.15) is 11.5 Å². The average molecular weight is 464 g/mol. The first-order valence-electron chi connectivity index (χ1n) is 10.5. The number of aliphatic imine (C=N–C) groups is 1. The van der Waals surface area contributed by atoms with Crippen LogP contribution in [0, 0.1) is 6.92 Å². The number of H-pyrrole nitrogens is 1. The van der Waals surface area contributed by atoms with Crippen molar-refractivity contribution in [3.8, 4) is 0 Å². The van der Waals surface area contributed by atoms with Crippen molar-refractivity contribution in [2.24, 2.45) is 10.7 Å². The molecule has 2 heterocycles. The Hall–Kier alpha value is -4.47. The molecule has 10 nitrogen and oxygen atoms in total. The Labute approximate surface area is 198 Å². The summed E-state index contributed by atoms with van der Waals surface area (Å²) in [6, 6.07) is 1.65. The zero-order valence-corrected chi connectivity index (χ0v) is 19.7. The van der Waals surface area contributed by atoms with E-state index < -0.39 is 11.8 Å². The van der Waals surface area contributed by atoms with Crippen LogP contribution in [0.1, 0.15) is 42.4 Å². The molecule has 0 unspecified atom stereocenters. The number of amides is 2. The third-order valence-electron chi connectivity index (χ3n) is 4.39. The number of allylic oxidation sites excluding steroid dienone is 3. The van der Waals surface area contributed by atoms with Gasteiger partial charge in [0.15, 0.2) is 0 Å². The molecule has 0 aliphatic heterocycles. The minimum absolute atomic E-state index is 0.00785. The number of aryl methyl sites for hydroxylation is 1. The number of ether oxygens (including phenoxy) is 1. The zero-order chi connectivity index (χ0) is 25.1. The number of guanidine groups is 1. The number of carbonyl (C=O) groups excluding carboxylic acids is 2. The normalized spacial score (nSPS) is 12.5. The maximum atomic E-state index is 12.9. The summed E-state index contributed by atoms with van der Waals surface area (Å²) < 4.78 is 5.50. The summed E-state index contributed by atoms with van der Waals surface area (Å²) in [6.45, 7) is 11.6. The van der Waals surface area contributed by atoms with Gasteiger partial charge in [-0.05, 0) is 57.0 Å². The SMILES string of the molecule is C=C(N=C(N)NC(=O)c1cc(C)c(/C=C\C)cn1)/C(=C\C(=C/C)OCC)C(=O)Nc1ncc[nH]1. The number of hydrogen-bond donors (Lipinski definition) is 4. The topological polar surface area (TPSA) is 147 Å². The first-order chi connectivity index (χ1) is 16.3. The van der Waals surface area contributed by atoms with E-state index >= 15 is 0 Å². The highest BCUT2D eigenvalue weighted by Gasteiger charge is 2.17. The van der Waals surface area contributed by atoms with E-state index in [0.29, 0.717) is 12.4 Å². The van der Waals surface area contributed by atoms with Gasteiger partial charge in [-0.1, -0.05) is 18.7 Å². The summed E-state index contributed by atoms with van der Waals surface area (Å²) in [6.07, 6.45) is 11.6. The quantitative estimate of drug-likeness (QED) is 0.148. The molecule has 0 aliphatic rings. The molecule has 0 radical (unpaired) electrons. The number of pyridine rings is 1. The summed E-state index contributed by atoms with van der Waals surface area (Å²) in [5.41, 5.74) is 7.96. The molecule has 0 atom stereocenters. The second-order valence-corrected chi connectivity index (χ2v) is 6.90. The minimum Gasteiger partial charge on any atom is -0.494 e. The van der Waals surface area contributed by atoms with Gasteiger partial charge in [-0.15, -0.1) is 0 Å². The van der Waals surface area contributed by atoms with Gasteiger partial charge in [0.05, 0.1) is 17.9 Å². The number of nitrogens with two attached hydrogens (primary N) is 1. The second-order valence-electron chi connectivity index (χ2n) is 6.90. The van der Waals surface area contributed by atoms with Crippen LogP contribution in [0.2, 0.25) is 0 Å². The molecular weight excluding hydrogens is 434 g/mol. The van der Waals surface area contributed by atoms with Crippen LogP contribution in [0.4, 0.5) is 5.95 Å². The van der Waals surface area contributed by atoms with Crippen LogP contribution in [0.3, 0.4) is 0 Å². The Morgan fingerprint density at radius 2 is 2.09 bits per heavy atom. The van der Waals surface area contributed by atoms with Crippen LogP contribution in [-0.4, -0.2) is 39.3 Å². The molecule has 0 bridgehead atoms. The Kier molecular flexibility index (Phi) is 9.51. The lowest BCUT2D eigenvalue weighted by Gasteiger charge is -2.11. The number of rotatable bonds is 9. The number of hydrogen-bond acceptors (Lipinski definition) is 6. The smallest absolute Gasteiger partial charge is 0.276 e. The molecule has 10 heteroatoms. The molecular formula is C24H29N7O3. The van der Waals surface area contributed by atoms with E-state index in [1.165, 1.54) is 12.3 Å². The highest BCUT2D eigenvalue weighted by Crippen LogP contribution is 2.16. The van der Waals surface area contributed by atoms with Crippen molar-refractivity contribution in [2.75, 3.05) is 11.9 Å². The number of aromatic nitrogens is 3. The van der Waals surface area contributed by atoms with Crippen molar-refractivity contribution in [3.63, 3.8) is 0 Å². The van der Waals surface area contributed by atoms with Crippen LogP contribution in [-0.2, 0) is 9.53 Å². The van der Waals surface area contributed by atoms with Gasteiger partial charge in [-0.2, -0.15) is 0 Å². The van der Waals surface area contributed by atoms with Crippen LogP contribution in [0.25, 0.3) is 6.08 Å². The van der Waals surface area contributed by atoms with Crippen molar-refractivity contribution in [2.45, 2.75) is 27.7 Å². The Balaban J connectivity index is 2.25. The number of anilines is 1.